The average molecular weight is 420 g/mol. The first-order valence-electron chi connectivity index (χ1n) is 9.93. The molecule has 0 bridgehead atoms. The predicted octanol–water partition coefficient (Wildman–Crippen LogP) is 1.68. The molecule has 0 aliphatic carbocycles. The third-order valence-electron chi connectivity index (χ3n) is 4.63. The predicted molar refractivity (Wildman–Crippen MR) is 121 cm³/mol. The molecule has 1 heterocycles. The molecule has 1 aliphatic heterocycles. The molecular weight excluding hydrogens is 386 g/mol. The summed E-state index contributed by atoms with van der Waals surface area (Å²) >= 11 is 5.41. The Kier molecular flexibility index (Phi) is 7.98. The van der Waals surface area contributed by atoms with E-state index in [-0.39, 0.29) is 23.9 Å². The quantitative estimate of drug-likeness (QED) is 0.708. The number of nitrogens with zero attached hydrogens (tertiary/aromatic N) is 3. The third-order valence-corrected chi connectivity index (χ3v) is 5.04. The number of thiocarbonyl (C=S) groups is 1. The van der Waals surface area contributed by atoms with Gasteiger partial charge in [0.15, 0.2) is 5.11 Å². The number of hydrogen-bond donors (Lipinski definition) is 2. The Labute approximate surface area is 179 Å². The van der Waals surface area contributed by atoms with E-state index < -0.39 is 0 Å². The van der Waals surface area contributed by atoms with Gasteiger partial charge in [-0.05, 0) is 52.0 Å². The van der Waals surface area contributed by atoms with Gasteiger partial charge in [-0.3, -0.25) is 14.5 Å². The molecule has 1 aromatic rings. The van der Waals surface area contributed by atoms with Gasteiger partial charge >= 0.3 is 0 Å². The fourth-order valence-corrected chi connectivity index (χ4v) is 3.23. The van der Waals surface area contributed by atoms with Gasteiger partial charge in [0, 0.05) is 44.5 Å². The summed E-state index contributed by atoms with van der Waals surface area (Å²) in [4.78, 5) is 30.4. The molecule has 7 nitrogen and oxygen atoms in total. The van der Waals surface area contributed by atoms with Gasteiger partial charge in [-0.1, -0.05) is 17.7 Å². The minimum Gasteiger partial charge on any atom is -0.350 e. The highest BCUT2D eigenvalue weighted by Crippen LogP contribution is 2.10. The molecule has 1 saturated heterocycles. The Hall–Kier alpha value is -2.19. The van der Waals surface area contributed by atoms with Gasteiger partial charge < -0.3 is 20.4 Å². The van der Waals surface area contributed by atoms with E-state index in [1.807, 2.05) is 63.9 Å². The normalized spacial score (nSPS) is 15.0. The van der Waals surface area contributed by atoms with Crippen molar-refractivity contribution in [1.29, 1.82) is 0 Å². The van der Waals surface area contributed by atoms with Crippen LogP contribution in [0, 0.1) is 6.92 Å². The van der Waals surface area contributed by atoms with E-state index in [1.54, 1.807) is 4.90 Å². The standard InChI is InChI=1S/C21H33N5O2S/c1-16-6-8-17(9-7-16)22-20(29)24(5)15-19(28)26-12-10-25(11-13-26)14-18(27)23-21(2,3)4/h6-9H,10-15H2,1-5H3,(H,22,29)(H,23,27). The molecule has 2 N–H and O–H groups in total. The van der Waals surface area contributed by atoms with Crippen LogP contribution in [-0.4, -0.2) is 83.5 Å². The lowest BCUT2D eigenvalue weighted by molar-refractivity contribution is -0.133. The molecule has 0 atom stereocenters. The van der Waals surface area contributed by atoms with Crippen LogP contribution in [0.3, 0.4) is 0 Å². The number of hydrogen-bond acceptors (Lipinski definition) is 4. The van der Waals surface area contributed by atoms with Crippen molar-refractivity contribution in [1.82, 2.24) is 20.0 Å². The molecule has 0 saturated carbocycles. The number of aryl methyl sites for hydroxylation is 1. The zero-order valence-electron chi connectivity index (χ0n) is 18.1. The number of rotatable bonds is 5. The summed E-state index contributed by atoms with van der Waals surface area (Å²) in [5.74, 6) is 0.0592. The second-order valence-corrected chi connectivity index (χ2v) is 8.99. The SMILES string of the molecule is Cc1ccc(NC(=S)N(C)CC(=O)N2CCN(CC(=O)NC(C)(C)C)CC2)cc1. The lowest BCUT2D eigenvalue weighted by Crippen LogP contribution is -2.54. The van der Waals surface area contributed by atoms with Gasteiger partial charge in [-0.15, -0.1) is 0 Å². The number of piperazine rings is 1. The summed E-state index contributed by atoms with van der Waals surface area (Å²) in [7, 11) is 1.81. The van der Waals surface area contributed by atoms with Crippen LogP contribution in [0.1, 0.15) is 26.3 Å². The van der Waals surface area contributed by atoms with Crippen LogP contribution in [0.2, 0.25) is 0 Å². The van der Waals surface area contributed by atoms with Crippen molar-refractivity contribution in [2.45, 2.75) is 33.2 Å². The van der Waals surface area contributed by atoms with Crippen LogP contribution in [0.5, 0.6) is 0 Å². The Balaban J connectivity index is 1.75. The van der Waals surface area contributed by atoms with Crippen LogP contribution in [0.4, 0.5) is 5.69 Å². The van der Waals surface area contributed by atoms with E-state index in [2.05, 4.69) is 15.5 Å². The van der Waals surface area contributed by atoms with Crippen LogP contribution in [0.25, 0.3) is 0 Å². The van der Waals surface area contributed by atoms with E-state index in [9.17, 15) is 9.59 Å². The number of carbonyl (C=O) groups excluding carboxylic acids is 2. The number of amides is 2. The summed E-state index contributed by atoms with van der Waals surface area (Å²) in [5.41, 5.74) is 1.85. The zero-order chi connectivity index (χ0) is 21.6. The number of likely N-dealkylation sites (N-methyl/N-ethyl adjacent to an activating group) is 1. The lowest BCUT2D eigenvalue weighted by Gasteiger charge is -2.35. The smallest absolute Gasteiger partial charge is 0.242 e. The molecule has 160 valence electrons. The molecule has 1 aliphatic rings. The molecule has 29 heavy (non-hydrogen) atoms. The van der Waals surface area contributed by atoms with Crippen molar-refractivity contribution < 1.29 is 9.59 Å². The van der Waals surface area contributed by atoms with Gasteiger partial charge in [-0.25, -0.2) is 0 Å². The van der Waals surface area contributed by atoms with Crippen LogP contribution >= 0.6 is 12.2 Å². The maximum atomic E-state index is 12.6. The molecule has 2 amide bonds. The van der Waals surface area contributed by atoms with Gasteiger partial charge in [0.1, 0.15) is 0 Å². The Morgan fingerprint density at radius 3 is 2.24 bits per heavy atom. The second kappa shape index (κ2) is 10.0. The first-order chi connectivity index (χ1) is 13.5. The van der Waals surface area contributed by atoms with Crippen LogP contribution < -0.4 is 10.6 Å². The van der Waals surface area contributed by atoms with E-state index in [0.29, 0.717) is 37.8 Å². The fourth-order valence-electron chi connectivity index (χ4n) is 3.05. The lowest BCUT2D eigenvalue weighted by atomic mass is 10.1. The summed E-state index contributed by atoms with van der Waals surface area (Å²) < 4.78 is 0. The van der Waals surface area contributed by atoms with Crippen LogP contribution in [0.15, 0.2) is 24.3 Å². The third kappa shape index (κ3) is 7.98. The second-order valence-electron chi connectivity index (χ2n) is 8.61. The zero-order valence-corrected chi connectivity index (χ0v) is 18.9. The summed E-state index contributed by atoms with van der Waals surface area (Å²) in [6.07, 6.45) is 0. The van der Waals surface area contributed by atoms with Crippen molar-refractivity contribution in [3.05, 3.63) is 29.8 Å². The topological polar surface area (TPSA) is 67.9 Å². The Morgan fingerprint density at radius 1 is 1.10 bits per heavy atom. The first kappa shape index (κ1) is 23.1. The Bertz CT molecular complexity index is 722. The molecule has 1 aromatic carbocycles. The highest BCUT2D eigenvalue weighted by atomic mass is 32.1. The van der Waals surface area contributed by atoms with Crippen molar-refractivity contribution in [2.75, 3.05) is 51.6 Å². The van der Waals surface area contributed by atoms with Crippen LogP contribution in [-0.2, 0) is 9.59 Å². The highest BCUT2D eigenvalue weighted by molar-refractivity contribution is 7.80. The molecule has 0 aromatic heterocycles. The van der Waals surface area contributed by atoms with Gasteiger partial charge in [0.25, 0.3) is 0 Å². The number of nitrogens with one attached hydrogen (secondary N) is 2. The van der Waals surface area contributed by atoms with Gasteiger partial charge in [-0.2, -0.15) is 0 Å². The van der Waals surface area contributed by atoms with Crippen molar-refractivity contribution in [2.24, 2.45) is 0 Å². The molecule has 0 unspecified atom stereocenters. The largest absolute Gasteiger partial charge is 0.350 e. The maximum absolute atomic E-state index is 12.6. The monoisotopic (exact) mass is 419 g/mol. The van der Waals surface area contributed by atoms with Crippen molar-refractivity contribution in [3.8, 4) is 0 Å². The van der Waals surface area contributed by atoms with Gasteiger partial charge in [0.05, 0.1) is 13.1 Å². The minimum atomic E-state index is -0.232. The van der Waals surface area contributed by atoms with Crippen molar-refractivity contribution >= 4 is 34.8 Å². The number of benzene rings is 1. The van der Waals surface area contributed by atoms with E-state index >= 15 is 0 Å². The van der Waals surface area contributed by atoms with Gasteiger partial charge in [0.2, 0.25) is 11.8 Å². The maximum Gasteiger partial charge on any atom is 0.242 e. The minimum absolute atomic E-state index is 0.0181. The fraction of sp³-hybridized carbons (Fsp3) is 0.571. The average Bonchev–Trinajstić information content (AvgIpc) is 2.62. The summed E-state index contributed by atoms with van der Waals surface area (Å²) in [6, 6.07) is 7.95. The first-order valence-corrected chi connectivity index (χ1v) is 10.3. The molecular formula is C21H33N5O2S. The Morgan fingerprint density at radius 2 is 1.69 bits per heavy atom. The van der Waals surface area contributed by atoms with E-state index in [0.717, 1.165) is 5.69 Å². The number of anilines is 1. The molecule has 1 fully saturated rings. The highest BCUT2D eigenvalue weighted by Gasteiger charge is 2.24. The molecule has 0 radical (unpaired) electrons. The van der Waals surface area contributed by atoms with E-state index in [1.165, 1.54) is 5.56 Å². The molecule has 2 rings (SSSR count). The molecule has 8 heteroatoms. The van der Waals surface area contributed by atoms with Crippen molar-refractivity contribution in [3.63, 3.8) is 0 Å². The molecule has 0 spiro atoms. The summed E-state index contributed by atoms with van der Waals surface area (Å²) in [6.45, 7) is 11.2. The van der Waals surface area contributed by atoms with E-state index in [4.69, 9.17) is 12.2 Å². The summed E-state index contributed by atoms with van der Waals surface area (Å²) in [5, 5.41) is 6.64. The number of carbonyl (C=O) groups is 2.